The van der Waals surface area contributed by atoms with Crippen molar-refractivity contribution >= 4 is 43.7 Å². The monoisotopic (exact) mass is 627 g/mol. The summed E-state index contributed by atoms with van der Waals surface area (Å²) in [4.78, 5) is 33.9. The fourth-order valence-electron chi connectivity index (χ4n) is 4.96. The fourth-order valence-corrected chi connectivity index (χ4v) is 5.39. The van der Waals surface area contributed by atoms with Crippen molar-refractivity contribution in [3.8, 4) is 33.9 Å². The van der Waals surface area contributed by atoms with E-state index in [9.17, 15) is 17.6 Å². The zero-order valence-electron chi connectivity index (χ0n) is 24.9. The number of hydrogen-bond donors (Lipinski definition) is 4. The molecule has 0 atom stereocenters. The third-order valence-electron chi connectivity index (χ3n) is 6.86. The van der Waals surface area contributed by atoms with Gasteiger partial charge in [0, 0.05) is 48.2 Å². The minimum atomic E-state index is -3.46. The molecule has 0 radical (unpaired) electrons. The number of carbonyl (C=O) groups excluding carboxylic acids is 1. The maximum absolute atomic E-state index is 14.6. The Morgan fingerprint density at radius 3 is 2.58 bits per heavy atom. The van der Waals surface area contributed by atoms with E-state index in [2.05, 4.69) is 40.2 Å². The number of imidazole rings is 1. The zero-order chi connectivity index (χ0) is 31.9. The highest BCUT2D eigenvalue weighted by Crippen LogP contribution is 2.32. The molecule has 0 aliphatic heterocycles. The maximum atomic E-state index is 14.6. The molecule has 12 nitrogen and oxygen atoms in total. The molecular formula is C31H30FN9O3S. The largest absolute Gasteiger partial charge is 0.337 e. The molecule has 230 valence electrons. The number of anilines is 1. The molecule has 5 heterocycles. The van der Waals surface area contributed by atoms with Crippen LogP contribution in [0, 0.1) is 11.2 Å². The Kier molecular flexibility index (Phi) is 7.62. The average Bonchev–Trinajstić information content (AvgIpc) is 3.58. The Labute approximate surface area is 258 Å². The van der Waals surface area contributed by atoms with Crippen LogP contribution in [-0.4, -0.2) is 55.7 Å². The Balaban J connectivity index is 1.34. The summed E-state index contributed by atoms with van der Waals surface area (Å²) in [7, 11) is -3.46. The van der Waals surface area contributed by atoms with Crippen LogP contribution < -0.4 is 10.0 Å². The van der Waals surface area contributed by atoms with Gasteiger partial charge >= 0.3 is 0 Å². The van der Waals surface area contributed by atoms with E-state index >= 15 is 0 Å². The number of hydrogen-bond acceptors (Lipinski definition) is 8. The number of nitrogens with one attached hydrogen (secondary N) is 4. The summed E-state index contributed by atoms with van der Waals surface area (Å²) in [6.45, 7) is 5.94. The minimum absolute atomic E-state index is 0.0669. The number of benzene rings is 1. The predicted octanol–water partition coefficient (Wildman–Crippen LogP) is 5.19. The van der Waals surface area contributed by atoms with Gasteiger partial charge in [0.25, 0.3) is 0 Å². The van der Waals surface area contributed by atoms with Crippen LogP contribution in [0.15, 0.2) is 61.2 Å². The molecule has 0 saturated heterocycles. The van der Waals surface area contributed by atoms with Crippen molar-refractivity contribution in [2.24, 2.45) is 5.41 Å². The fraction of sp³-hybridized carbons (Fsp3) is 0.226. The molecule has 4 N–H and O–H groups in total. The van der Waals surface area contributed by atoms with Crippen molar-refractivity contribution < 1.29 is 17.6 Å². The van der Waals surface area contributed by atoms with Crippen LogP contribution in [0.3, 0.4) is 0 Å². The van der Waals surface area contributed by atoms with E-state index in [0.29, 0.717) is 62.5 Å². The highest BCUT2D eigenvalue weighted by molar-refractivity contribution is 7.88. The van der Waals surface area contributed by atoms with E-state index in [1.54, 1.807) is 36.9 Å². The van der Waals surface area contributed by atoms with E-state index in [1.807, 2.05) is 32.9 Å². The maximum Gasteiger partial charge on any atom is 0.224 e. The van der Waals surface area contributed by atoms with Crippen LogP contribution in [0.25, 0.3) is 56.0 Å². The number of halogens is 1. The number of H-pyrrole nitrogens is 2. The summed E-state index contributed by atoms with van der Waals surface area (Å²) in [6, 6.07) is 9.79. The molecule has 14 heteroatoms. The molecule has 0 saturated carbocycles. The van der Waals surface area contributed by atoms with Crippen molar-refractivity contribution in [1.82, 2.24) is 39.8 Å². The van der Waals surface area contributed by atoms with Gasteiger partial charge in [-0.05, 0) is 47.4 Å². The van der Waals surface area contributed by atoms with Crippen LogP contribution in [0.1, 0.15) is 32.8 Å². The summed E-state index contributed by atoms with van der Waals surface area (Å²) in [5.41, 5.74) is 5.48. The summed E-state index contributed by atoms with van der Waals surface area (Å²) in [6.07, 6.45) is 7.98. The molecule has 6 aromatic rings. The molecular weight excluding hydrogens is 597 g/mol. The summed E-state index contributed by atoms with van der Waals surface area (Å²) < 4.78 is 40.1. The van der Waals surface area contributed by atoms with Crippen LogP contribution in [0.5, 0.6) is 0 Å². The summed E-state index contributed by atoms with van der Waals surface area (Å²) in [5, 5.41) is 11.0. The SMILES string of the molecule is CC(C)(C)CC(=O)Nc1cncc(-c2cnc3n[nH]c(-c4nc5c(-c6cc(F)cc(CNS(C)(=O)=O)c6)nccc5[nH]4)c3c2)c1. The Morgan fingerprint density at radius 1 is 1.00 bits per heavy atom. The third kappa shape index (κ3) is 6.86. The lowest BCUT2D eigenvalue weighted by Gasteiger charge is -2.17. The number of pyridine rings is 3. The van der Waals surface area contributed by atoms with Crippen molar-refractivity contribution in [3.63, 3.8) is 0 Å². The molecule has 45 heavy (non-hydrogen) atoms. The molecule has 0 fully saturated rings. The normalized spacial score (nSPS) is 12.2. The van der Waals surface area contributed by atoms with E-state index < -0.39 is 15.8 Å². The Bertz CT molecular complexity index is 2190. The number of aromatic nitrogens is 7. The highest BCUT2D eigenvalue weighted by atomic mass is 32.2. The number of aromatic amines is 2. The molecule has 1 aromatic carbocycles. The van der Waals surface area contributed by atoms with E-state index in [1.165, 1.54) is 12.1 Å². The van der Waals surface area contributed by atoms with Gasteiger partial charge in [0.1, 0.15) is 17.0 Å². The minimum Gasteiger partial charge on any atom is -0.337 e. The third-order valence-corrected chi connectivity index (χ3v) is 7.53. The molecule has 5 aromatic heterocycles. The smallest absolute Gasteiger partial charge is 0.224 e. The number of nitrogens with zero attached hydrogens (tertiary/aromatic N) is 5. The first kappa shape index (κ1) is 30.0. The molecule has 1 amide bonds. The molecule has 6 rings (SSSR count). The van der Waals surface area contributed by atoms with Gasteiger partial charge in [-0.25, -0.2) is 27.5 Å². The van der Waals surface area contributed by atoms with Gasteiger partial charge in [0.15, 0.2) is 11.5 Å². The van der Waals surface area contributed by atoms with Gasteiger partial charge in [-0.15, -0.1) is 0 Å². The molecule has 0 bridgehead atoms. The van der Waals surface area contributed by atoms with Crippen LogP contribution >= 0.6 is 0 Å². The van der Waals surface area contributed by atoms with E-state index in [4.69, 9.17) is 4.98 Å². The van der Waals surface area contributed by atoms with Gasteiger partial charge in [-0.2, -0.15) is 5.10 Å². The number of fused-ring (bicyclic) bond motifs is 2. The van der Waals surface area contributed by atoms with E-state index in [0.717, 1.165) is 17.4 Å². The second-order valence-electron chi connectivity index (χ2n) is 12.0. The van der Waals surface area contributed by atoms with Gasteiger partial charge < -0.3 is 10.3 Å². The number of rotatable bonds is 8. The zero-order valence-corrected chi connectivity index (χ0v) is 25.8. The lowest BCUT2D eigenvalue weighted by atomic mass is 9.92. The second kappa shape index (κ2) is 11.4. The van der Waals surface area contributed by atoms with Crippen molar-refractivity contribution in [3.05, 3.63) is 72.6 Å². The van der Waals surface area contributed by atoms with Crippen molar-refractivity contribution in [1.29, 1.82) is 0 Å². The van der Waals surface area contributed by atoms with Gasteiger partial charge in [-0.1, -0.05) is 20.8 Å². The predicted molar refractivity (Wildman–Crippen MR) is 170 cm³/mol. The van der Waals surface area contributed by atoms with Crippen molar-refractivity contribution in [2.45, 2.75) is 33.7 Å². The van der Waals surface area contributed by atoms with Gasteiger partial charge in [-0.3, -0.25) is 19.9 Å². The standard InChI is InChI=1S/C31H30FN9O3S/c1-31(2,3)12-25(42)37-22-10-19(14-33-16-22)20-11-23-27(40-41-29(23)35-15-20)30-38-24-5-6-34-26(28(24)39-30)18-7-17(8-21(32)9-18)13-36-45(4,43)44/h5-11,14-16,36H,12-13H2,1-4H3,(H,37,42)(H,38,39)(H,35,40,41). The lowest BCUT2D eigenvalue weighted by molar-refractivity contribution is -0.117. The first-order valence-electron chi connectivity index (χ1n) is 14.0. The van der Waals surface area contributed by atoms with Crippen LogP contribution in [0.2, 0.25) is 0 Å². The Morgan fingerprint density at radius 2 is 1.80 bits per heavy atom. The number of sulfonamides is 1. The highest BCUT2D eigenvalue weighted by Gasteiger charge is 2.19. The van der Waals surface area contributed by atoms with Crippen molar-refractivity contribution in [2.75, 3.05) is 11.6 Å². The second-order valence-corrected chi connectivity index (χ2v) is 13.9. The molecule has 0 unspecified atom stereocenters. The van der Waals surface area contributed by atoms with Crippen LogP contribution in [-0.2, 0) is 21.4 Å². The number of carbonyl (C=O) groups is 1. The van der Waals surface area contributed by atoms with E-state index in [-0.39, 0.29) is 17.9 Å². The molecule has 0 aliphatic rings. The number of amides is 1. The summed E-state index contributed by atoms with van der Waals surface area (Å²) >= 11 is 0. The lowest BCUT2D eigenvalue weighted by Crippen LogP contribution is -2.21. The Hall–Kier alpha value is -5.08. The molecule has 0 aliphatic carbocycles. The average molecular weight is 628 g/mol. The van der Waals surface area contributed by atoms with Gasteiger partial charge in [0.2, 0.25) is 15.9 Å². The quantitative estimate of drug-likeness (QED) is 0.179. The first-order valence-corrected chi connectivity index (χ1v) is 15.9. The topological polar surface area (TPSA) is 171 Å². The summed E-state index contributed by atoms with van der Waals surface area (Å²) in [5.74, 6) is -0.152. The first-order chi connectivity index (χ1) is 21.3. The van der Waals surface area contributed by atoms with Crippen LogP contribution in [0.4, 0.5) is 10.1 Å². The van der Waals surface area contributed by atoms with Gasteiger partial charge in [0.05, 0.1) is 34.7 Å². The molecule has 0 spiro atoms.